The van der Waals surface area contributed by atoms with E-state index in [1.165, 1.54) is 11.1 Å². The van der Waals surface area contributed by atoms with Gasteiger partial charge in [-0.3, -0.25) is 9.69 Å². The van der Waals surface area contributed by atoms with E-state index >= 15 is 0 Å². The van der Waals surface area contributed by atoms with Gasteiger partial charge < -0.3 is 14.4 Å². The number of hydrogen-bond donors (Lipinski definition) is 0. The number of carbonyl (C=O) groups is 2. The van der Waals surface area contributed by atoms with Crippen LogP contribution >= 0.6 is 0 Å². The summed E-state index contributed by atoms with van der Waals surface area (Å²) in [5.41, 5.74) is 2.04. The van der Waals surface area contributed by atoms with Crippen molar-refractivity contribution in [3.63, 3.8) is 0 Å². The highest BCUT2D eigenvalue weighted by atomic mass is 16.6. The molecule has 6 nitrogen and oxygen atoms in total. The summed E-state index contributed by atoms with van der Waals surface area (Å²) in [5, 5.41) is 0. The molecule has 220 valence electrons. The lowest BCUT2D eigenvalue weighted by molar-refractivity contribution is -0.143. The number of rotatable bonds is 14. The maximum absolute atomic E-state index is 13.4. The molecule has 1 fully saturated rings. The van der Waals surface area contributed by atoms with Crippen LogP contribution in [0.1, 0.15) is 96.6 Å². The van der Waals surface area contributed by atoms with E-state index in [0.717, 1.165) is 71.0 Å². The van der Waals surface area contributed by atoms with Gasteiger partial charge in [0.1, 0.15) is 5.60 Å². The molecule has 0 spiro atoms. The molecule has 2 atom stereocenters. The predicted octanol–water partition coefficient (Wildman–Crippen LogP) is 7.75. The van der Waals surface area contributed by atoms with Gasteiger partial charge in [-0.05, 0) is 64.5 Å². The third-order valence-corrected chi connectivity index (χ3v) is 7.48. The standard InChI is InChI=1S/C34H50N2O4/c1-5-39-32(37)24-16-8-6-7-15-22-31-30(23-17-25-36(31)33(38)40-34(2,3)4)35(26-28-18-11-9-12-19-28)27-29-20-13-10-14-21-29/h9-14,18-21,30-31H,5-8,15-17,22-27H2,1-4H3/t30-,31+/m0/s1. The first kappa shape index (κ1) is 31.7. The molecule has 0 unspecified atom stereocenters. The van der Waals surface area contributed by atoms with Crippen LogP contribution in [-0.2, 0) is 27.4 Å². The molecule has 0 bridgehead atoms. The largest absolute Gasteiger partial charge is 0.466 e. The zero-order chi connectivity index (χ0) is 28.8. The summed E-state index contributed by atoms with van der Waals surface area (Å²) in [5.74, 6) is -0.0996. The average molecular weight is 551 g/mol. The first-order valence-corrected chi connectivity index (χ1v) is 15.2. The number of benzene rings is 2. The lowest BCUT2D eigenvalue weighted by Gasteiger charge is -2.46. The highest BCUT2D eigenvalue weighted by Crippen LogP contribution is 2.30. The van der Waals surface area contributed by atoms with Crippen molar-refractivity contribution < 1.29 is 19.1 Å². The Labute approximate surface area is 242 Å². The van der Waals surface area contributed by atoms with E-state index in [2.05, 4.69) is 65.6 Å². The number of esters is 1. The maximum Gasteiger partial charge on any atom is 0.410 e. The Balaban J connectivity index is 1.73. The smallest absolute Gasteiger partial charge is 0.410 e. The van der Waals surface area contributed by atoms with E-state index in [0.29, 0.717) is 13.0 Å². The molecule has 0 N–H and O–H groups in total. The van der Waals surface area contributed by atoms with Gasteiger partial charge in [-0.15, -0.1) is 0 Å². The lowest BCUT2D eigenvalue weighted by atomic mass is 9.89. The van der Waals surface area contributed by atoms with Gasteiger partial charge in [-0.2, -0.15) is 0 Å². The minimum atomic E-state index is -0.527. The molecule has 0 saturated carbocycles. The predicted molar refractivity (Wildman–Crippen MR) is 161 cm³/mol. The molecule has 0 aliphatic carbocycles. The van der Waals surface area contributed by atoms with Crippen molar-refractivity contribution in [1.82, 2.24) is 9.80 Å². The number of unbranched alkanes of at least 4 members (excludes halogenated alkanes) is 4. The summed E-state index contributed by atoms with van der Waals surface area (Å²) in [4.78, 5) is 29.7. The van der Waals surface area contributed by atoms with Gasteiger partial charge in [0.15, 0.2) is 0 Å². The van der Waals surface area contributed by atoms with E-state index in [-0.39, 0.29) is 24.1 Å². The van der Waals surface area contributed by atoms with Crippen LogP contribution in [0.3, 0.4) is 0 Å². The molecule has 1 saturated heterocycles. The number of piperidine rings is 1. The van der Waals surface area contributed by atoms with Crippen molar-refractivity contribution in [1.29, 1.82) is 0 Å². The summed E-state index contributed by atoms with van der Waals surface area (Å²) in [7, 11) is 0. The summed E-state index contributed by atoms with van der Waals surface area (Å²) in [6, 6.07) is 21.6. The van der Waals surface area contributed by atoms with Crippen LogP contribution in [0, 0.1) is 0 Å². The number of carbonyl (C=O) groups excluding carboxylic acids is 2. The zero-order valence-electron chi connectivity index (χ0n) is 25.1. The minimum Gasteiger partial charge on any atom is -0.466 e. The Morgan fingerprint density at radius 2 is 1.45 bits per heavy atom. The van der Waals surface area contributed by atoms with Crippen LogP contribution in [0.2, 0.25) is 0 Å². The van der Waals surface area contributed by atoms with Crippen LogP contribution in [0.15, 0.2) is 60.7 Å². The van der Waals surface area contributed by atoms with Gasteiger partial charge in [0.2, 0.25) is 0 Å². The van der Waals surface area contributed by atoms with E-state index < -0.39 is 5.60 Å². The van der Waals surface area contributed by atoms with Gasteiger partial charge >= 0.3 is 12.1 Å². The van der Waals surface area contributed by atoms with Crippen LogP contribution in [-0.4, -0.2) is 52.7 Å². The monoisotopic (exact) mass is 550 g/mol. The van der Waals surface area contributed by atoms with E-state index in [1.807, 2.05) is 32.6 Å². The molecular formula is C34H50N2O4. The molecule has 1 amide bonds. The molecule has 0 radical (unpaired) electrons. The maximum atomic E-state index is 13.4. The quantitative estimate of drug-likeness (QED) is 0.178. The number of likely N-dealkylation sites (tertiary alicyclic amines) is 1. The van der Waals surface area contributed by atoms with E-state index in [1.54, 1.807) is 0 Å². The molecule has 2 aromatic rings. The van der Waals surface area contributed by atoms with E-state index in [9.17, 15) is 9.59 Å². The van der Waals surface area contributed by atoms with Crippen molar-refractivity contribution in [3.8, 4) is 0 Å². The van der Waals surface area contributed by atoms with Crippen LogP contribution in [0.25, 0.3) is 0 Å². The van der Waals surface area contributed by atoms with Crippen molar-refractivity contribution >= 4 is 12.1 Å². The molecule has 1 aliphatic heterocycles. The van der Waals surface area contributed by atoms with Gasteiger partial charge in [0, 0.05) is 32.1 Å². The topological polar surface area (TPSA) is 59.1 Å². The van der Waals surface area contributed by atoms with Crippen LogP contribution in [0.5, 0.6) is 0 Å². The molecule has 2 aromatic carbocycles. The molecule has 1 heterocycles. The molecule has 1 aliphatic rings. The van der Waals surface area contributed by atoms with Gasteiger partial charge in [-0.25, -0.2) is 4.79 Å². The Morgan fingerprint density at radius 3 is 2.02 bits per heavy atom. The Hall–Kier alpha value is -2.86. The fraction of sp³-hybridized carbons (Fsp3) is 0.588. The molecule has 0 aromatic heterocycles. The van der Waals surface area contributed by atoms with Gasteiger partial charge in [-0.1, -0.05) is 86.3 Å². The number of hydrogen-bond acceptors (Lipinski definition) is 5. The normalized spacial score (nSPS) is 17.6. The summed E-state index contributed by atoms with van der Waals surface area (Å²) >= 11 is 0. The Morgan fingerprint density at radius 1 is 0.875 bits per heavy atom. The average Bonchev–Trinajstić information content (AvgIpc) is 2.92. The number of nitrogens with zero attached hydrogens (tertiary/aromatic N) is 2. The van der Waals surface area contributed by atoms with E-state index in [4.69, 9.17) is 9.47 Å². The van der Waals surface area contributed by atoms with Crippen LogP contribution in [0.4, 0.5) is 4.79 Å². The highest BCUT2D eigenvalue weighted by molar-refractivity contribution is 5.69. The second kappa shape index (κ2) is 16.4. The Kier molecular flexibility index (Phi) is 13.0. The van der Waals surface area contributed by atoms with Gasteiger partial charge in [0.05, 0.1) is 12.6 Å². The molecule has 6 heteroatoms. The third-order valence-electron chi connectivity index (χ3n) is 7.48. The molecule has 40 heavy (non-hydrogen) atoms. The van der Waals surface area contributed by atoms with Crippen molar-refractivity contribution in [3.05, 3.63) is 71.8 Å². The number of amides is 1. The Bertz CT molecular complexity index is 964. The fourth-order valence-electron chi connectivity index (χ4n) is 5.67. The fourth-order valence-corrected chi connectivity index (χ4v) is 5.67. The van der Waals surface area contributed by atoms with Gasteiger partial charge in [0.25, 0.3) is 0 Å². The van der Waals surface area contributed by atoms with Crippen molar-refractivity contribution in [2.75, 3.05) is 13.2 Å². The van der Waals surface area contributed by atoms with Crippen molar-refractivity contribution in [2.45, 2.75) is 116 Å². The third kappa shape index (κ3) is 11.0. The summed E-state index contributed by atoms with van der Waals surface area (Å²) in [6.45, 7) is 10.5. The molecular weight excluding hydrogens is 500 g/mol. The minimum absolute atomic E-state index is 0.0931. The zero-order valence-corrected chi connectivity index (χ0v) is 25.1. The summed E-state index contributed by atoms with van der Waals surface area (Å²) < 4.78 is 10.9. The summed E-state index contributed by atoms with van der Waals surface area (Å²) in [6.07, 6.45) is 8.39. The second-order valence-electron chi connectivity index (χ2n) is 11.9. The first-order chi connectivity index (χ1) is 19.3. The SMILES string of the molecule is CCOC(=O)CCCCCCC[C@@H]1[C@@H](N(Cc2ccccc2)Cc2ccccc2)CCCN1C(=O)OC(C)(C)C. The number of ether oxygens (including phenoxy) is 2. The lowest BCUT2D eigenvalue weighted by Crippen LogP contribution is -2.57. The molecule has 3 rings (SSSR count). The van der Waals surface area contributed by atoms with Crippen LogP contribution < -0.4 is 0 Å². The second-order valence-corrected chi connectivity index (χ2v) is 11.9. The first-order valence-electron chi connectivity index (χ1n) is 15.2. The highest BCUT2D eigenvalue weighted by Gasteiger charge is 2.39. The van der Waals surface area contributed by atoms with Crippen molar-refractivity contribution in [2.24, 2.45) is 0 Å².